The van der Waals surface area contributed by atoms with Gasteiger partial charge in [-0.1, -0.05) is 17.4 Å². The lowest BCUT2D eigenvalue weighted by atomic mass is 10.1. The maximum absolute atomic E-state index is 13.4. The fraction of sp³-hybridized carbons (Fsp3) is 0.280. The van der Waals surface area contributed by atoms with Gasteiger partial charge in [-0.25, -0.2) is 20.8 Å². The Labute approximate surface area is 201 Å². The highest BCUT2D eigenvalue weighted by molar-refractivity contribution is 7.22. The van der Waals surface area contributed by atoms with E-state index in [-0.39, 0.29) is 5.91 Å². The molecule has 4 heterocycles. The first-order chi connectivity index (χ1) is 16.7. The number of aromatic nitrogens is 3. The lowest BCUT2D eigenvalue weighted by Gasteiger charge is -2.25. The maximum atomic E-state index is 13.4. The molecule has 34 heavy (non-hydrogen) atoms. The summed E-state index contributed by atoms with van der Waals surface area (Å²) in [5, 5.41) is 2.23. The Morgan fingerprint density at radius 3 is 2.74 bits per heavy atom. The number of fused-ring (bicyclic) bond motifs is 1. The topological polar surface area (TPSA) is 97.5 Å². The Hall–Kier alpha value is -3.40. The van der Waals surface area contributed by atoms with Crippen molar-refractivity contribution < 1.29 is 9.53 Å². The van der Waals surface area contributed by atoms with E-state index in [1.54, 1.807) is 29.8 Å². The van der Waals surface area contributed by atoms with Gasteiger partial charge in [-0.2, -0.15) is 0 Å². The van der Waals surface area contributed by atoms with Gasteiger partial charge in [-0.05, 0) is 60.7 Å². The van der Waals surface area contributed by atoms with Crippen molar-refractivity contribution in [3.63, 3.8) is 0 Å². The zero-order valence-corrected chi connectivity index (χ0v) is 19.4. The maximum Gasteiger partial charge on any atom is 0.291 e. The Morgan fingerprint density at radius 2 is 1.97 bits per heavy atom. The van der Waals surface area contributed by atoms with Crippen LogP contribution in [0.25, 0.3) is 21.5 Å². The summed E-state index contributed by atoms with van der Waals surface area (Å²) in [5.74, 6) is 6.52. The van der Waals surface area contributed by atoms with Gasteiger partial charge in [0, 0.05) is 31.0 Å². The van der Waals surface area contributed by atoms with Crippen molar-refractivity contribution in [3.05, 3.63) is 66.1 Å². The first-order valence-electron chi connectivity index (χ1n) is 11.4. The number of nitrogens with zero attached hydrogens (tertiary/aromatic N) is 5. The predicted molar refractivity (Wildman–Crippen MR) is 133 cm³/mol. The molecule has 4 aromatic rings. The van der Waals surface area contributed by atoms with E-state index in [9.17, 15) is 4.79 Å². The number of carbonyl (C=O) groups is 1. The van der Waals surface area contributed by atoms with Crippen LogP contribution in [0.15, 0.2) is 54.9 Å². The third-order valence-electron chi connectivity index (χ3n) is 6.23. The van der Waals surface area contributed by atoms with Crippen molar-refractivity contribution in [2.45, 2.75) is 18.8 Å². The smallest absolute Gasteiger partial charge is 0.291 e. The van der Waals surface area contributed by atoms with Crippen LogP contribution in [0.3, 0.4) is 0 Å². The third kappa shape index (κ3) is 4.02. The highest BCUT2D eigenvalue weighted by atomic mass is 32.1. The number of carbonyl (C=O) groups excluding carboxylic acids is 1. The number of anilines is 2. The minimum Gasteiger partial charge on any atom is -0.378 e. The molecule has 0 spiro atoms. The molecule has 0 atom stereocenters. The highest BCUT2D eigenvalue weighted by Gasteiger charge is 2.31. The van der Waals surface area contributed by atoms with E-state index in [0.717, 1.165) is 58.1 Å². The lowest BCUT2D eigenvalue weighted by Crippen LogP contribution is -2.38. The number of amides is 1. The van der Waals surface area contributed by atoms with E-state index >= 15 is 0 Å². The fourth-order valence-corrected chi connectivity index (χ4v) is 5.28. The lowest BCUT2D eigenvalue weighted by molar-refractivity contribution is 0.0982. The zero-order valence-electron chi connectivity index (χ0n) is 18.6. The number of hydrogen-bond donors (Lipinski definition) is 1. The minimum atomic E-state index is -0.343. The molecule has 172 valence electrons. The molecule has 1 amide bonds. The van der Waals surface area contributed by atoms with Crippen LogP contribution >= 0.6 is 11.3 Å². The number of rotatable bonds is 5. The number of hydrazine groups is 1. The summed E-state index contributed by atoms with van der Waals surface area (Å²) in [6, 6.07) is 13.3. The first-order valence-corrected chi connectivity index (χ1v) is 12.2. The molecule has 1 saturated heterocycles. The van der Waals surface area contributed by atoms with Gasteiger partial charge in [0.1, 0.15) is 5.69 Å². The van der Waals surface area contributed by atoms with Crippen LogP contribution in [0, 0.1) is 0 Å². The quantitative estimate of drug-likeness (QED) is 0.266. The van der Waals surface area contributed by atoms with Crippen LogP contribution < -0.4 is 15.8 Å². The van der Waals surface area contributed by atoms with Gasteiger partial charge < -0.3 is 9.64 Å². The summed E-state index contributed by atoms with van der Waals surface area (Å²) in [5.41, 5.74) is 4.58. The van der Waals surface area contributed by atoms with Crippen LogP contribution in [0.2, 0.25) is 0 Å². The van der Waals surface area contributed by atoms with Crippen LogP contribution in [0.5, 0.6) is 0 Å². The molecule has 1 aromatic carbocycles. The molecule has 2 aliphatic rings. The monoisotopic (exact) mass is 472 g/mol. The molecule has 1 aliphatic heterocycles. The van der Waals surface area contributed by atoms with E-state index < -0.39 is 0 Å². The Kier molecular flexibility index (Phi) is 5.44. The van der Waals surface area contributed by atoms with Crippen LogP contribution in [-0.4, -0.2) is 47.2 Å². The fourth-order valence-electron chi connectivity index (χ4n) is 4.25. The molecule has 6 rings (SSSR count). The number of thiazole rings is 1. The largest absolute Gasteiger partial charge is 0.378 e. The summed E-state index contributed by atoms with van der Waals surface area (Å²) in [7, 11) is 0. The Bertz CT molecular complexity index is 1350. The van der Waals surface area contributed by atoms with Gasteiger partial charge in [-0.15, -0.1) is 0 Å². The van der Waals surface area contributed by atoms with Crippen LogP contribution in [-0.2, 0) is 4.74 Å². The molecule has 3 aromatic heterocycles. The molecule has 2 N–H and O–H groups in total. The Balaban J connectivity index is 1.35. The average molecular weight is 473 g/mol. The number of hydrogen-bond acceptors (Lipinski definition) is 8. The SMILES string of the molecule is NN(C(=O)c1cccc(-c2cccnc2)n1)c1cc2sc(N3CCOCC3)nc2cc1C1CC1. The summed E-state index contributed by atoms with van der Waals surface area (Å²) < 4.78 is 6.49. The van der Waals surface area contributed by atoms with Crippen LogP contribution in [0.1, 0.15) is 34.8 Å². The number of nitrogens with two attached hydrogens (primary N) is 1. The van der Waals surface area contributed by atoms with Crippen molar-refractivity contribution in [2.75, 3.05) is 36.2 Å². The van der Waals surface area contributed by atoms with Gasteiger partial charge in [0.25, 0.3) is 5.91 Å². The average Bonchev–Trinajstić information content (AvgIpc) is 3.67. The van der Waals surface area contributed by atoms with Crippen LogP contribution in [0.4, 0.5) is 10.8 Å². The second kappa shape index (κ2) is 8.75. The molecule has 0 radical (unpaired) electrons. The predicted octanol–water partition coefficient (Wildman–Crippen LogP) is 3.99. The zero-order chi connectivity index (χ0) is 23.1. The Morgan fingerprint density at radius 1 is 1.12 bits per heavy atom. The number of pyridine rings is 2. The normalized spacial score (nSPS) is 16.1. The molecular weight excluding hydrogens is 448 g/mol. The third-order valence-corrected chi connectivity index (χ3v) is 7.31. The molecule has 0 bridgehead atoms. The summed E-state index contributed by atoms with van der Waals surface area (Å²) >= 11 is 1.63. The van der Waals surface area contributed by atoms with Gasteiger partial charge >= 0.3 is 0 Å². The molecule has 9 heteroatoms. The van der Waals surface area contributed by atoms with Gasteiger partial charge in [0.2, 0.25) is 0 Å². The molecular formula is C25H24N6O2S. The number of benzene rings is 1. The standard InChI is InChI=1S/C25H24N6O2S/c26-31(24(32)20-5-1-4-19(28-20)17-3-2-8-27-15-17)22-14-23-21(13-18(22)16-6-7-16)29-25(34-23)30-9-11-33-12-10-30/h1-5,8,13-16H,6-7,9-12,26H2. The van der Waals surface area contributed by atoms with Crippen molar-refractivity contribution >= 4 is 38.3 Å². The molecule has 1 saturated carbocycles. The van der Waals surface area contributed by atoms with Crippen molar-refractivity contribution in [2.24, 2.45) is 5.84 Å². The highest BCUT2D eigenvalue weighted by Crippen LogP contribution is 2.46. The second-order valence-corrected chi connectivity index (χ2v) is 9.58. The number of morpholine rings is 1. The first kappa shape index (κ1) is 21.2. The van der Waals surface area contributed by atoms with E-state index in [1.165, 1.54) is 5.01 Å². The minimum absolute atomic E-state index is 0.295. The van der Waals surface area contributed by atoms with Crippen molar-refractivity contribution in [3.8, 4) is 11.3 Å². The van der Waals surface area contributed by atoms with Crippen molar-refractivity contribution in [1.29, 1.82) is 0 Å². The molecule has 2 fully saturated rings. The second-order valence-electron chi connectivity index (χ2n) is 8.57. The summed E-state index contributed by atoms with van der Waals surface area (Å²) in [4.78, 5) is 29.3. The van der Waals surface area contributed by atoms with Gasteiger partial charge in [0.15, 0.2) is 5.13 Å². The number of ether oxygens (including phenoxy) is 1. The summed E-state index contributed by atoms with van der Waals surface area (Å²) in [6.45, 7) is 3.10. The molecule has 1 aliphatic carbocycles. The van der Waals surface area contributed by atoms with E-state index in [1.807, 2.05) is 30.3 Å². The van der Waals surface area contributed by atoms with E-state index in [0.29, 0.717) is 30.5 Å². The van der Waals surface area contributed by atoms with Gasteiger partial charge in [0.05, 0.1) is 34.8 Å². The van der Waals surface area contributed by atoms with Gasteiger partial charge in [-0.3, -0.25) is 9.78 Å². The molecule has 8 nitrogen and oxygen atoms in total. The van der Waals surface area contributed by atoms with E-state index in [2.05, 4.69) is 20.9 Å². The summed E-state index contributed by atoms with van der Waals surface area (Å²) in [6.07, 6.45) is 5.62. The molecule has 0 unspecified atom stereocenters. The van der Waals surface area contributed by atoms with E-state index in [4.69, 9.17) is 15.6 Å². The van der Waals surface area contributed by atoms with Crippen molar-refractivity contribution in [1.82, 2.24) is 15.0 Å².